The Kier molecular flexibility index (Phi) is 9.25. The number of unbranched alkanes of at least 4 members (excludes halogenated alkanes) is 1. The van der Waals surface area contributed by atoms with Gasteiger partial charge in [0.15, 0.2) is 0 Å². The number of halogens is 5. The maximum absolute atomic E-state index is 14.0. The second-order valence-electron chi connectivity index (χ2n) is 11.7. The number of hydrogen-bond acceptors (Lipinski definition) is 4. The Morgan fingerprint density at radius 2 is 1.51 bits per heavy atom. The minimum Gasteiger partial charge on any atom is -0.444 e. The molecule has 41 heavy (non-hydrogen) atoms. The van der Waals surface area contributed by atoms with Gasteiger partial charge in [0.1, 0.15) is 23.8 Å². The van der Waals surface area contributed by atoms with Crippen LogP contribution in [0.5, 0.6) is 0 Å². The van der Waals surface area contributed by atoms with Crippen molar-refractivity contribution in [2.75, 3.05) is 32.7 Å². The molecule has 6 nitrogen and oxygen atoms in total. The van der Waals surface area contributed by atoms with Crippen LogP contribution in [0, 0.1) is 11.6 Å². The SMILES string of the molecule is CC(C)(C)OC(=O)NC1CCN(CCCCN(CC(F)(F)F)C(=O)C2c3ccc(F)cc3-c3cc(F)ccc32)CC1. The summed E-state index contributed by atoms with van der Waals surface area (Å²) in [6.45, 7) is 6.00. The van der Waals surface area contributed by atoms with Crippen LogP contribution in [-0.2, 0) is 9.53 Å². The lowest BCUT2D eigenvalue weighted by molar-refractivity contribution is -0.161. The monoisotopic (exact) mass is 581 g/mol. The molecule has 0 unspecified atom stereocenters. The Hall–Kier alpha value is -3.21. The van der Waals surface area contributed by atoms with Gasteiger partial charge in [0.25, 0.3) is 0 Å². The van der Waals surface area contributed by atoms with Crippen LogP contribution in [0.25, 0.3) is 11.1 Å². The summed E-state index contributed by atoms with van der Waals surface area (Å²) in [5, 5.41) is 2.88. The molecule has 1 aliphatic carbocycles. The summed E-state index contributed by atoms with van der Waals surface area (Å²) in [4.78, 5) is 28.6. The van der Waals surface area contributed by atoms with Crippen molar-refractivity contribution in [1.82, 2.24) is 15.1 Å². The number of alkyl halides is 3. The molecule has 0 spiro atoms. The molecule has 2 aromatic rings. The second kappa shape index (κ2) is 12.3. The molecule has 2 aliphatic rings. The molecule has 1 N–H and O–H groups in total. The van der Waals surface area contributed by atoms with Gasteiger partial charge in [-0.2, -0.15) is 13.2 Å². The molecule has 1 heterocycles. The number of benzene rings is 2. The van der Waals surface area contributed by atoms with E-state index in [2.05, 4.69) is 10.2 Å². The molecule has 1 fully saturated rings. The smallest absolute Gasteiger partial charge is 0.407 e. The number of rotatable bonds is 8. The van der Waals surface area contributed by atoms with Crippen LogP contribution in [-0.4, -0.2) is 72.3 Å². The molecule has 0 atom stereocenters. The van der Waals surface area contributed by atoms with Crippen molar-refractivity contribution >= 4 is 12.0 Å². The Morgan fingerprint density at radius 3 is 2.02 bits per heavy atom. The fourth-order valence-electron chi connectivity index (χ4n) is 5.54. The lowest BCUT2D eigenvalue weighted by atomic mass is 9.95. The van der Waals surface area contributed by atoms with E-state index in [0.29, 0.717) is 41.6 Å². The van der Waals surface area contributed by atoms with Gasteiger partial charge in [-0.15, -0.1) is 0 Å². The summed E-state index contributed by atoms with van der Waals surface area (Å²) in [7, 11) is 0. The minimum atomic E-state index is -4.60. The summed E-state index contributed by atoms with van der Waals surface area (Å²) >= 11 is 0. The van der Waals surface area contributed by atoms with E-state index in [1.165, 1.54) is 24.3 Å². The number of nitrogens with one attached hydrogen (secondary N) is 1. The molecule has 0 saturated carbocycles. The normalized spacial score (nSPS) is 16.3. The summed E-state index contributed by atoms with van der Waals surface area (Å²) in [5.74, 6) is -2.97. The standard InChI is InChI=1S/C30H36F5N3O3/c1-29(2,3)41-28(40)36-21-10-14-37(15-11-21)12-4-5-13-38(18-30(33,34)35)27(39)26-22-8-6-19(31)16-24(22)25-17-20(32)7-9-23(25)26/h6-9,16-17,21,26H,4-5,10-15,18H2,1-3H3,(H,36,40). The van der Waals surface area contributed by atoms with E-state index in [0.717, 1.165) is 43.0 Å². The van der Waals surface area contributed by atoms with E-state index in [9.17, 15) is 31.5 Å². The van der Waals surface area contributed by atoms with E-state index in [1.54, 1.807) is 20.8 Å². The summed E-state index contributed by atoms with van der Waals surface area (Å²) in [6, 6.07) is 7.45. The second-order valence-corrected chi connectivity index (χ2v) is 11.7. The summed E-state index contributed by atoms with van der Waals surface area (Å²) in [5.41, 5.74) is 0.787. The molecule has 4 rings (SSSR count). The predicted octanol–water partition coefficient (Wildman–Crippen LogP) is 6.24. The van der Waals surface area contributed by atoms with Gasteiger partial charge < -0.3 is 19.9 Å². The van der Waals surface area contributed by atoms with Crippen LogP contribution >= 0.6 is 0 Å². The molecule has 2 amide bonds. The third kappa shape index (κ3) is 8.18. The van der Waals surface area contributed by atoms with Gasteiger partial charge in [0.05, 0.1) is 5.92 Å². The van der Waals surface area contributed by atoms with Gasteiger partial charge in [-0.25, -0.2) is 13.6 Å². The highest BCUT2D eigenvalue weighted by molar-refractivity contribution is 5.96. The Balaban J connectivity index is 1.35. The van der Waals surface area contributed by atoms with Gasteiger partial charge in [-0.05, 0) is 99.5 Å². The zero-order valence-electron chi connectivity index (χ0n) is 23.5. The molecule has 2 aromatic carbocycles. The zero-order chi connectivity index (χ0) is 29.9. The maximum atomic E-state index is 14.0. The van der Waals surface area contributed by atoms with E-state index in [-0.39, 0.29) is 12.6 Å². The van der Waals surface area contributed by atoms with E-state index in [4.69, 9.17) is 4.74 Å². The first-order valence-electron chi connectivity index (χ1n) is 13.9. The van der Waals surface area contributed by atoms with E-state index < -0.39 is 47.9 Å². The highest BCUT2D eigenvalue weighted by Gasteiger charge is 2.40. The average Bonchev–Trinajstić information content (AvgIpc) is 3.17. The number of ether oxygens (including phenoxy) is 1. The summed E-state index contributed by atoms with van der Waals surface area (Å²) < 4.78 is 73.9. The number of likely N-dealkylation sites (tertiary alicyclic amines) is 1. The fraction of sp³-hybridized carbons (Fsp3) is 0.533. The highest BCUT2D eigenvalue weighted by atomic mass is 19.4. The number of hydrogen-bond donors (Lipinski definition) is 1. The maximum Gasteiger partial charge on any atom is 0.407 e. The quantitative estimate of drug-likeness (QED) is 0.296. The first kappa shape index (κ1) is 30.7. The number of alkyl carbamates (subject to hydrolysis) is 1. The molecule has 224 valence electrons. The zero-order valence-corrected chi connectivity index (χ0v) is 23.5. The number of nitrogens with zero attached hydrogens (tertiary/aromatic N) is 2. The Morgan fingerprint density at radius 1 is 0.951 bits per heavy atom. The van der Waals surface area contributed by atoms with Gasteiger partial charge in [-0.3, -0.25) is 4.79 Å². The fourth-order valence-corrected chi connectivity index (χ4v) is 5.54. The molecule has 0 aromatic heterocycles. The van der Waals surface area contributed by atoms with Crippen LogP contribution < -0.4 is 5.32 Å². The van der Waals surface area contributed by atoms with Crippen LogP contribution in [0.15, 0.2) is 36.4 Å². The van der Waals surface area contributed by atoms with Crippen molar-refractivity contribution in [3.05, 3.63) is 59.2 Å². The number of carbonyl (C=O) groups excluding carboxylic acids is 2. The van der Waals surface area contributed by atoms with Crippen molar-refractivity contribution in [2.24, 2.45) is 0 Å². The van der Waals surface area contributed by atoms with E-state index >= 15 is 0 Å². The van der Waals surface area contributed by atoms with Crippen LogP contribution in [0.1, 0.15) is 63.5 Å². The van der Waals surface area contributed by atoms with Gasteiger partial charge in [0.2, 0.25) is 5.91 Å². The number of piperidine rings is 1. The first-order chi connectivity index (χ1) is 19.2. The average molecular weight is 582 g/mol. The highest BCUT2D eigenvalue weighted by Crippen LogP contribution is 2.46. The topological polar surface area (TPSA) is 61.9 Å². The molecule has 1 aliphatic heterocycles. The number of carbonyl (C=O) groups is 2. The van der Waals surface area contributed by atoms with Crippen LogP contribution in [0.4, 0.5) is 26.7 Å². The lowest BCUT2D eigenvalue weighted by Gasteiger charge is -2.33. The van der Waals surface area contributed by atoms with Crippen molar-refractivity contribution in [3.63, 3.8) is 0 Å². The lowest BCUT2D eigenvalue weighted by Crippen LogP contribution is -2.46. The molecule has 0 radical (unpaired) electrons. The first-order valence-corrected chi connectivity index (χ1v) is 13.9. The molecular weight excluding hydrogens is 545 g/mol. The predicted molar refractivity (Wildman–Crippen MR) is 144 cm³/mol. The Bertz CT molecular complexity index is 1200. The van der Waals surface area contributed by atoms with Crippen molar-refractivity contribution in [3.8, 4) is 11.1 Å². The molecule has 11 heteroatoms. The van der Waals surface area contributed by atoms with E-state index in [1.807, 2.05) is 0 Å². The number of amides is 2. The van der Waals surface area contributed by atoms with Crippen molar-refractivity contribution in [1.29, 1.82) is 0 Å². The van der Waals surface area contributed by atoms with Crippen LogP contribution in [0.3, 0.4) is 0 Å². The minimum absolute atomic E-state index is 0.000107. The molecule has 0 bridgehead atoms. The Labute approximate surface area is 236 Å². The van der Waals surface area contributed by atoms with Crippen molar-refractivity contribution in [2.45, 2.75) is 70.2 Å². The summed E-state index contributed by atoms with van der Waals surface area (Å²) in [6.07, 6.45) is -2.64. The van der Waals surface area contributed by atoms with Gasteiger partial charge >= 0.3 is 12.3 Å². The van der Waals surface area contributed by atoms with Gasteiger partial charge in [0, 0.05) is 25.7 Å². The van der Waals surface area contributed by atoms with Gasteiger partial charge in [-0.1, -0.05) is 12.1 Å². The molecular formula is C30H36F5N3O3. The largest absolute Gasteiger partial charge is 0.444 e. The molecule has 1 saturated heterocycles. The van der Waals surface area contributed by atoms with Crippen LogP contribution in [0.2, 0.25) is 0 Å². The third-order valence-electron chi connectivity index (χ3n) is 7.33. The number of fused-ring (bicyclic) bond motifs is 3. The third-order valence-corrected chi connectivity index (χ3v) is 7.33. The van der Waals surface area contributed by atoms with Crippen molar-refractivity contribution < 1.29 is 36.3 Å².